The number of phenols is 1. The predicted molar refractivity (Wildman–Crippen MR) is 107 cm³/mol. The number of carbonyl (C=O) groups is 1. The van der Waals surface area contributed by atoms with E-state index in [1.54, 1.807) is 6.07 Å². The summed E-state index contributed by atoms with van der Waals surface area (Å²) in [6.07, 6.45) is 4.09. The van der Waals surface area contributed by atoms with E-state index in [-0.39, 0.29) is 5.75 Å². The molecular formula is C21H30ClN3O2. The summed E-state index contributed by atoms with van der Waals surface area (Å²) in [5.41, 5.74) is 0.984. The van der Waals surface area contributed by atoms with Crippen LogP contribution in [-0.2, 0) is 11.3 Å². The molecule has 0 aromatic heterocycles. The summed E-state index contributed by atoms with van der Waals surface area (Å²) in [7, 11) is 4.20. The number of carbonyl (C=O) groups excluding carboxylic acids is 1. The van der Waals surface area contributed by atoms with E-state index < -0.39 is 0 Å². The molecule has 0 saturated carbocycles. The van der Waals surface area contributed by atoms with Gasteiger partial charge in [-0.3, -0.25) is 9.69 Å². The zero-order valence-electron chi connectivity index (χ0n) is 16.3. The number of piperidine rings is 3. The van der Waals surface area contributed by atoms with E-state index in [0.717, 1.165) is 44.6 Å². The molecule has 3 aliphatic rings. The Labute approximate surface area is 166 Å². The van der Waals surface area contributed by atoms with Gasteiger partial charge in [-0.05, 0) is 56.8 Å². The number of nitrogens with zero attached hydrogens (tertiary/aromatic N) is 3. The van der Waals surface area contributed by atoms with Crippen LogP contribution in [0.25, 0.3) is 0 Å². The van der Waals surface area contributed by atoms with Crippen LogP contribution in [0.2, 0.25) is 5.02 Å². The van der Waals surface area contributed by atoms with Crippen LogP contribution < -0.4 is 0 Å². The van der Waals surface area contributed by atoms with E-state index in [4.69, 9.17) is 11.6 Å². The zero-order valence-corrected chi connectivity index (χ0v) is 17.0. The van der Waals surface area contributed by atoms with Gasteiger partial charge in [0, 0.05) is 44.7 Å². The fourth-order valence-corrected chi connectivity index (χ4v) is 5.72. The van der Waals surface area contributed by atoms with Crippen LogP contribution in [0.15, 0.2) is 18.2 Å². The minimum Gasteiger partial charge on any atom is -0.506 e. The first-order valence-corrected chi connectivity index (χ1v) is 10.5. The Bertz CT molecular complexity index is 711. The van der Waals surface area contributed by atoms with Crippen molar-refractivity contribution in [3.05, 3.63) is 28.8 Å². The summed E-state index contributed by atoms with van der Waals surface area (Å²) < 4.78 is 0. The summed E-state index contributed by atoms with van der Waals surface area (Å²) in [4.78, 5) is 19.7. The number of rotatable bonds is 4. The average molecular weight is 392 g/mol. The van der Waals surface area contributed by atoms with Crippen LogP contribution in [-0.4, -0.2) is 71.5 Å². The second-order valence-electron chi connectivity index (χ2n) is 8.79. The van der Waals surface area contributed by atoms with E-state index in [2.05, 4.69) is 28.8 Å². The van der Waals surface area contributed by atoms with Gasteiger partial charge in [-0.15, -0.1) is 0 Å². The van der Waals surface area contributed by atoms with Crippen LogP contribution >= 0.6 is 11.6 Å². The van der Waals surface area contributed by atoms with Crippen LogP contribution in [0.3, 0.4) is 0 Å². The Morgan fingerprint density at radius 3 is 2.81 bits per heavy atom. The number of likely N-dealkylation sites (N-methyl/N-ethyl adjacent to an activating group) is 1. The monoisotopic (exact) mass is 391 g/mol. The van der Waals surface area contributed by atoms with Crippen molar-refractivity contribution < 1.29 is 9.90 Å². The van der Waals surface area contributed by atoms with Crippen molar-refractivity contribution in [1.29, 1.82) is 0 Å². The maximum Gasteiger partial charge on any atom is 0.223 e. The maximum atomic E-state index is 12.8. The fourth-order valence-electron chi connectivity index (χ4n) is 5.54. The fraction of sp³-hybridized carbons (Fsp3) is 0.667. The third-order valence-electron chi connectivity index (χ3n) is 6.58. The number of benzene rings is 1. The normalized spacial score (nSPS) is 31.3. The number of hydrogen-bond donors (Lipinski definition) is 1. The van der Waals surface area contributed by atoms with E-state index in [1.165, 1.54) is 6.42 Å². The van der Waals surface area contributed by atoms with Crippen LogP contribution in [0.4, 0.5) is 0 Å². The predicted octanol–water partition coefficient (Wildman–Crippen LogP) is 2.81. The molecule has 3 fully saturated rings. The Balaban J connectivity index is 1.57. The molecule has 4 rings (SSSR count). The van der Waals surface area contributed by atoms with Gasteiger partial charge in [-0.25, -0.2) is 0 Å². The second-order valence-corrected chi connectivity index (χ2v) is 9.17. The second kappa shape index (κ2) is 7.61. The van der Waals surface area contributed by atoms with Gasteiger partial charge >= 0.3 is 0 Å². The quantitative estimate of drug-likeness (QED) is 0.857. The lowest BCUT2D eigenvalue weighted by Gasteiger charge is -2.57. The van der Waals surface area contributed by atoms with Crippen molar-refractivity contribution in [2.45, 2.75) is 44.3 Å². The molecule has 1 amide bonds. The van der Waals surface area contributed by atoms with Gasteiger partial charge in [-0.2, -0.15) is 0 Å². The first-order chi connectivity index (χ1) is 12.9. The molecule has 0 radical (unpaired) electrons. The van der Waals surface area contributed by atoms with Gasteiger partial charge in [-0.1, -0.05) is 23.7 Å². The summed E-state index contributed by atoms with van der Waals surface area (Å²) in [5.74, 6) is 1.56. The third kappa shape index (κ3) is 3.69. The van der Waals surface area contributed by atoms with Crippen molar-refractivity contribution in [2.75, 3.05) is 33.7 Å². The number of halogens is 1. The molecule has 1 N–H and O–H groups in total. The highest BCUT2D eigenvalue weighted by atomic mass is 35.5. The highest BCUT2D eigenvalue weighted by molar-refractivity contribution is 6.32. The maximum absolute atomic E-state index is 12.8. The Hall–Kier alpha value is -1.30. The topological polar surface area (TPSA) is 47.0 Å². The van der Waals surface area contributed by atoms with Crippen LogP contribution in [0.5, 0.6) is 5.75 Å². The lowest BCUT2D eigenvalue weighted by Crippen LogP contribution is -2.66. The van der Waals surface area contributed by atoms with Gasteiger partial charge in [0.15, 0.2) is 0 Å². The lowest BCUT2D eigenvalue weighted by atomic mass is 9.72. The first kappa shape index (κ1) is 19.0. The molecule has 0 unspecified atom stereocenters. The first-order valence-electron chi connectivity index (χ1n) is 10.1. The van der Waals surface area contributed by atoms with Gasteiger partial charge in [0.25, 0.3) is 0 Å². The molecule has 0 spiro atoms. The summed E-state index contributed by atoms with van der Waals surface area (Å²) in [6, 6.07) is 6.18. The van der Waals surface area contributed by atoms with Crippen molar-refractivity contribution >= 4 is 17.5 Å². The molecule has 0 aliphatic carbocycles. The van der Waals surface area contributed by atoms with Gasteiger partial charge < -0.3 is 14.9 Å². The molecule has 6 heteroatoms. The standard InChI is InChI=1S/C21H30ClN3O2/c1-23(2)13-18-16-9-15(17-6-4-8-20(27)25(17)18)11-24(12-16)10-14-5-3-7-19(26)21(14)22/h3,5,7,15-18,26H,4,6,8-13H2,1-2H3/t15-,16+,17+,18+/m1/s1. The molecule has 148 valence electrons. The highest BCUT2D eigenvalue weighted by Gasteiger charge is 2.49. The van der Waals surface area contributed by atoms with Crippen molar-refractivity contribution in [3.8, 4) is 5.75 Å². The molecule has 3 heterocycles. The summed E-state index contributed by atoms with van der Waals surface area (Å²) in [5, 5.41) is 10.4. The molecule has 3 aliphatic heterocycles. The Kier molecular flexibility index (Phi) is 5.36. The van der Waals surface area contributed by atoms with Crippen molar-refractivity contribution in [1.82, 2.24) is 14.7 Å². The lowest BCUT2D eigenvalue weighted by molar-refractivity contribution is -0.153. The van der Waals surface area contributed by atoms with E-state index in [0.29, 0.717) is 41.3 Å². The summed E-state index contributed by atoms with van der Waals surface area (Å²) >= 11 is 6.32. The number of hydrogen-bond acceptors (Lipinski definition) is 4. The number of fused-ring (bicyclic) bond motifs is 4. The van der Waals surface area contributed by atoms with E-state index in [1.807, 2.05) is 12.1 Å². The van der Waals surface area contributed by atoms with Crippen LogP contribution in [0.1, 0.15) is 31.2 Å². The molecular weight excluding hydrogens is 362 g/mol. The third-order valence-corrected chi connectivity index (χ3v) is 7.01. The van der Waals surface area contributed by atoms with Gasteiger partial charge in [0.1, 0.15) is 5.75 Å². The number of phenolic OH excluding ortho intramolecular Hbond substituents is 1. The SMILES string of the molecule is CN(C)C[C@H]1[C@H]2C[C@H](CN(Cc3cccc(O)c3Cl)C2)[C@@H]2CCCC(=O)N21. The molecule has 27 heavy (non-hydrogen) atoms. The molecule has 3 saturated heterocycles. The van der Waals surface area contributed by atoms with Crippen molar-refractivity contribution in [3.63, 3.8) is 0 Å². The molecule has 1 aromatic carbocycles. The smallest absolute Gasteiger partial charge is 0.223 e. The molecule has 2 bridgehead atoms. The highest BCUT2D eigenvalue weighted by Crippen LogP contribution is 2.42. The Morgan fingerprint density at radius 2 is 2.04 bits per heavy atom. The number of aromatic hydroxyl groups is 1. The van der Waals surface area contributed by atoms with E-state index >= 15 is 0 Å². The Morgan fingerprint density at radius 1 is 1.26 bits per heavy atom. The summed E-state index contributed by atoms with van der Waals surface area (Å²) in [6.45, 7) is 3.68. The molecule has 1 aromatic rings. The average Bonchev–Trinajstić information content (AvgIpc) is 2.62. The van der Waals surface area contributed by atoms with Crippen molar-refractivity contribution in [2.24, 2.45) is 11.8 Å². The van der Waals surface area contributed by atoms with E-state index in [9.17, 15) is 9.90 Å². The van der Waals surface area contributed by atoms with Gasteiger partial charge in [0.05, 0.1) is 5.02 Å². The van der Waals surface area contributed by atoms with Crippen LogP contribution in [0, 0.1) is 11.8 Å². The molecule has 5 nitrogen and oxygen atoms in total. The minimum atomic E-state index is 0.154. The zero-order chi connectivity index (χ0) is 19.1. The minimum absolute atomic E-state index is 0.154. The molecule has 4 atom stereocenters. The number of likely N-dealkylation sites (tertiary alicyclic amines) is 1. The number of amides is 1. The van der Waals surface area contributed by atoms with Gasteiger partial charge in [0.2, 0.25) is 5.91 Å². The largest absolute Gasteiger partial charge is 0.506 e.